The molecule has 34 heavy (non-hydrogen) atoms. The highest BCUT2D eigenvalue weighted by molar-refractivity contribution is 5.97. The lowest BCUT2D eigenvalue weighted by Crippen LogP contribution is -2.17. The average Bonchev–Trinajstić information content (AvgIpc) is 2.86. The van der Waals surface area contributed by atoms with Gasteiger partial charge in [0.1, 0.15) is 17.9 Å². The van der Waals surface area contributed by atoms with Gasteiger partial charge in [-0.15, -0.1) is 0 Å². The molecule has 0 spiro atoms. The number of fused-ring (bicyclic) bond motifs is 1. The Labute approximate surface area is 198 Å². The molecule has 0 saturated heterocycles. The van der Waals surface area contributed by atoms with Gasteiger partial charge < -0.3 is 15.6 Å². The van der Waals surface area contributed by atoms with Crippen LogP contribution < -0.4 is 10.5 Å². The van der Waals surface area contributed by atoms with E-state index in [0.717, 1.165) is 10.9 Å². The first kappa shape index (κ1) is 23.1. The quantitative estimate of drug-likeness (QED) is 0.325. The second kappa shape index (κ2) is 10.3. The first-order valence-electron chi connectivity index (χ1n) is 11.1. The maximum Gasteiger partial charge on any atom is 0.354 e. The van der Waals surface area contributed by atoms with Gasteiger partial charge in [0, 0.05) is 23.4 Å². The van der Waals surface area contributed by atoms with Crippen molar-refractivity contribution in [3.05, 3.63) is 107 Å². The average molecular weight is 455 g/mol. The number of rotatable bonds is 9. The van der Waals surface area contributed by atoms with E-state index in [9.17, 15) is 14.7 Å². The Morgan fingerprint density at radius 1 is 0.971 bits per heavy atom. The first-order valence-corrected chi connectivity index (χ1v) is 11.1. The number of ether oxygens (including phenoxy) is 1. The molecule has 1 heterocycles. The number of benzene rings is 3. The van der Waals surface area contributed by atoms with Crippen molar-refractivity contribution < 1.29 is 19.4 Å². The second-order valence-corrected chi connectivity index (χ2v) is 8.17. The predicted molar refractivity (Wildman–Crippen MR) is 131 cm³/mol. The number of nitrogens with two attached hydrogens (primary N) is 1. The minimum absolute atomic E-state index is 0.00240. The highest BCUT2D eigenvalue weighted by atomic mass is 16.5. The number of aromatic nitrogens is 1. The first-order chi connectivity index (χ1) is 16.5. The molecule has 0 aliphatic carbocycles. The van der Waals surface area contributed by atoms with Crippen LogP contribution in [0.25, 0.3) is 10.9 Å². The summed E-state index contributed by atoms with van der Waals surface area (Å²) in [6, 6.07) is 23.7. The summed E-state index contributed by atoms with van der Waals surface area (Å²) in [6.45, 7) is 2.03. The van der Waals surface area contributed by atoms with Crippen LogP contribution in [-0.4, -0.2) is 21.8 Å². The summed E-state index contributed by atoms with van der Waals surface area (Å²) in [4.78, 5) is 29.0. The molecule has 0 bridgehead atoms. The van der Waals surface area contributed by atoms with Gasteiger partial charge in [0.15, 0.2) is 11.5 Å². The van der Waals surface area contributed by atoms with E-state index in [1.54, 1.807) is 25.1 Å². The van der Waals surface area contributed by atoms with Crippen LogP contribution in [0.15, 0.2) is 78.9 Å². The topological polar surface area (TPSA) is 103 Å². The molecule has 3 N–H and O–H groups in total. The smallest absolute Gasteiger partial charge is 0.354 e. The number of carboxylic acids is 1. The molecule has 6 heteroatoms. The van der Waals surface area contributed by atoms with E-state index in [4.69, 9.17) is 10.5 Å². The summed E-state index contributed by atoms with van der Waals surface area (Å²) in [5.74, 6) is -0.652. The maximum absolute atomic E-state index is 12.6. The van der Waals surface area contributed by atoms with Gasteiger partial charge in [0.05, 0.1) is 0 Å². The lowest BCUT2D eigenvalue weighted by Gasteiger charge is -2.20. The zero-order valence-electron chi connectivity index (χ0n) is 18.9. The summed E-state index contributed by atoms with van der Waals surface area (Å²) >= 11 is 0. The van der Waals surface area contributed by atoms with Crippen molar-refractivity contribution in [2.45, 2.75) is 32.4 Å². The van der Waals surface area contributed by atoms with Crippen molar-refractivity contribution in [1.82, 2.24) is 4.98 Å². The molecule has 0 aliphatic rings. The van der Waals surface area contributed by atoms with E-state index in [2.05, 4.69) is 4.98 Å². The Kier molecular flexibility index (Phi) is 6.99. The predicted octanol–water partition coefficient (Wildman–Crippen LogP) is 5.48. The summed E-state index contributed by atoms with van der Waals surface area (Å²) in [7, 11) is 0. The number of hydrogen-bond donors (Lipinski definition) is 2. The highest BCUT2D eigenvalue weighted by Gasteiger charge is 2.23. The molecule has 0 radical (unpaired) electrons. The molecule has 3 aromatic carbocycles. The van der Waals surface area contributed by atoms with Crippen molar-refractivity contribution in [3.63, 3.8) is 0 Å². The van der Waals surface area contributed by atoms with Crippen molar-refractivity contribution in [3.8, 4) is 5.75 Å². The normalized spacial score (nSPS) is 11.8. The monoisotopic (exact) mass is 454 g/mol. The van der Waals surface area contributed by atoms with Crippen LogP contribution in [0, 0.1) is 6.92 Å². The summed E-state index contributed by atoms with van der Waals surface area (Å²) in [6.07, 6.45) is 0.628. The van der Waals surface area contributed by atoms with Crippen LogP contribution in [0.2, 0.25) is 0 Å². The molecular weight excluding hydrogens is 428 g/mol. The van der Waals surface area contributed by atoms with Crippen molar-refractivity contribution in [2.24, 2.45) is 5.73 Å². The number of para-hydroxylation sites is 1. The van der Waals surface area contributed by atoms with Gasteiger partial charge in [0.2, 0.25) is 0 Å². The van der Waals surface area contributed by atoms with Crippen LogP contribution in [0.1, 0.15) is 56.4 Å². The maximum atomic E-state index is 12.6. The molecular formula is C28H26N2O4. The van der Waals surface area contributed by atoms with Crippen LogP contribution in [0.3, 0.4) is 0 Å². The molecule has 4 aromatic rings. The molecule has 6 nitrogen and oxygen atoms in total. The molecule has 0 saturated carbocycles. The number of carbonyl (C=O) groups is 2. The van der Waals surface area contributed by atoms with Crippen molar-refractivity contribution >= 4 is 22.7 Å². The number of nitrogens with zero attached hydrogens (tertiary/aromatic N) is 1. The highest BCUT2D eigenvalue weighted by Crippen LogP contribution is 2.34. The minimum Gasteiger partial charge on any atom is -0.487 e. The molecule has 1 aromatic heterocycles. The molecule has 0 amide bonds. The lowest BCUT2D eigenvalue weighted by molar-refractivity contribution is 0.0689. The number of carbonyl (C=O) groups excluding carboxylic acids is 1. The summed E-state index contributed by atoms with van der Waals surface area (Å²) in [5, 5.41) is 10.5. The van der Waals surface area contributed by atoms with Gasteiger partial charge in [-0.1, -0.05) is 72.8 Å². The minimum atomic E-state index is -1.13. The molecule has 1 unspecified atom stereocenters. The Morgan fingerprint density at radius 3 is 2.32 bits per heavy atom. The third kappa shape index (κ3) is 4.97. The number of hydrogen-bond acceptors (Lipinski definition) is 5. The standard InChI is InChI=1S/C28H26N2O4/c1-18-25(22(29)15-16-23(31)20-11-6-3-7-12-20)21-13-8-14-24(27(21)30-26(18)28(32)33)34-17-19-9-4-2-5-10-19/h2-14,22H,15-17,29H2,1H3,(H,32,33). The van der Waals surface area contributed by atoms with E-state index in [0.29, 0.717) is 41.0 Å². The number of carboxylic acid groups (broad SMARTS) is 1. The fraction of sp³-hybridized carbons (Fsp3) is 0.179. The number of pyridine rings is 1. The number of Topliss-reactive ketones (excluding diaryl/α,β-unsaturated/α-hetero) is 1. The molecule has 0 aliphatic heterocycles. The third-order valence-corrected chi connectivity index (χ3v) is 5.86. The van der Waals surface area contributed by atoms with Crippen LogP contribution >= 0.6 is 0 Å². The van der Waals surface area contributed by atoms with Crippen molar-refractivity contribution in [2.75, 3.05) is 0 Å². The second-order valence-electron chi connectivity index (χ2n) is 8.17. The lowest BCUT2D eigenvalue weighted by atomic mass is 9.91. The van der Waals surface area contributed by atoms with Crippen molar-refractivity contribution in [1.29, 1.82) is 0 Å². The van der Waals surface area contributed by atoms with Crippen LogP contribution in [-0.2, 0) is 6.61 Å². The molecule has 172 valence electrons. The van der Waals surface area contributed by atoms with Crippen LogP contribution in [0.5, 0.6) is 5.75 Å². The van der Waals surface area contributed by atoms with E-state index in [1.807, 2.05) is 60.7 Å². The molecule has 1 atom stereocenters. The third-order valence-electron chi connectivity index (χ3n) is 5.86. The van der Waals surface area contributed by atoms with E-state index in [1.165, 1.54) is 0 Å². The Morgan fingerprint density at radius 2 is 1.65 bits per heavy atom. The number of ketones is 1. The zero-order valence-corrected chi connectivity index (χ0v) is 18.9. The van der Waals surface area contributed by atoms with E-state index >= 15 is 0 Å². The van der Waals surface area contributed by atoms with Crippen LogP contribution in [0.4, 0.5) is 0 Å². The fourth-order valence-electron chi connectivity index (χ4n) is 4.12. The van der Waals surface area contributed by atoms with Gasteiger partial charge >= 0.3 is 5.97 Å². The Bertz CT molecular complexity index is 1320. The zero-order chi connectivity index (χ0) is 24.1. The SMILES string of the molecule is Cc1c(C(=O)O)nc2c(OCc3ccccc3)cccc2c1C(N)CCC(=O)c1ccccc1. The largest absolute Gasteiger partial charge is 0.487 e. The Balaban J connectivity index is 1.68. The van der Waals surface area contributed by atoms with Gasteiger partial charge in [-0.05, 0) is 36.1 Å². The van der Waals surface area contributed by atoms with Gasteiger partial charge in [-0.25, -0.2) is 9.78 Å². The van der Waals surface area contributed by atoms with Gasteiger partial charge in [0.25, 0.3) is 0 Å². The summed E-state index contributed by atoms with van der Waals surface area (Å²) < 4.78 is 6.02. The fourth-order valence-corrected chi connectivity index (χ4v) is 4.12. The number of aromatic carboxylic acids is 1. The Hall–Kier alpha value is -4.03. The van der Waals surface area contributed by atoms with E-state index < -0.39 is 12.0 Å². The molecule has 0 fully saturated rings. The van der Waals surface area contributed by atoms with Gasteiger partial charge in [-0.3, -0.25) is 4.79 Å². The molecule has 4 rings (SSSR count). The van der Waals surface area contributed by atoms with E-state index in [-0.39, 0.29) is 17.9 Å². The summed E-state index contributed by atoms with van der Waals surface area (Å²) in [5.41, 5.74) is 9.73. The van der Waals surface area contributed by atoms with Gasteiger partial charge in [-0.2, -0.15) is 0 Å².